The first-order valence-electron chi connectivity index (χ1n) is 5.04. The Bertz CT molecular complexity index is 581. The molecule has 0 aliphatic carbocycles. The van der Waals surface area contributed by atoms with Gasteiger partial charge in [0.15, 0.2) is 0 Å². The molecular formula is C10H9ClN2O4S. The van der Waals surface area contributed by atoms with E-state index in [4.69, 9.17) is 11.6 Å². The molecular weight excluding hydrogens is 280 g/mol. The average molecular weight is 289 g/mol. The van der Waals surface area contributed by atoms with Crippen molar-refractivity contribution in [1.29, 1.82) is 0 Å². The summed E-state index contributed by atoms with van der Waals surface area (Å²) in [5, 5.41) is 0.923. The van der Waals surface area contributed by atoms with E-state index in [1.807, 2.05) is 4.83 Å². The largest absolute Gasteiger partial charge is 0.273 e. The third-order valence-electron chi connectivity index (χ3n) is 2.39. The number of amides is 2. The first kappa shape index (κ1) is 13.0. The Morgan fingerprint density at radius 2 is 1.56 bits per heavy atom. The fourth-order valence-corrected chi connectivity index (χ4v) is 2.63. The van der Waals surface area contributed by atoms with Crippen LogP contribution in [0.2, 0.25) is 5.02 Å². The zero-order valence-electron chi connectivity index (χ0n) is 9.09. The number of hydrazine groups is 1. The van der Waals surface area contributed by atoms with Crippen molar-refractivity contribution in [3.05, 3.63) is 29.3 Å². The van der Waals surface area contributed by atoms with Gasteiger partial charge in [0.1, 0.15) is 0 Å². The van der Waals surface area contributed by atoms with E-state index in [0.29, 0.717) is 10.0 Å². The number of nitrogens with zero attached hydrogens (tertiary/aromatic N) is 1. The summed E-state index contributed by atoms with van der Waals surface area (Å²) in [5.41, 5.74) is 0. The lowest BCUT2D eigenvalue weighted by Gasteiger charge is -2.15. The van der Waals surface area contributed by atoms with Gasteiger partial charge in [-0.1, -0.05) is 11.6 Å². The molecule has 1 saturated heterocycles. The van der Waals surface area contributed by atoms with E-state index in [2.05, 4.69) is 0 Å². The quantitative estimate of drug-likeness (QED) is 0.829. The summed E-state index contributed by atoms with van der Waals surface area (Å²) in [6.07, 6.45) is 0.0317. The Morgan fingerprint density at radius 1 is 1.06 bits per heavy atom. The van der Waals surface area contributed by atoms with Crippen molar-refractivity contribution < 1.29 is 18.0 Å². The van der Waals surface area contributed by atoms with Crippen LogP contribution in [0.4, 0.5) is 0 Å². The third-order valence-corrected chi connectivity index (χ3v) is 3.95. The van der Waals surface area contributed by atoms with Gasteiger partial charge in [0.05, 0.1) is 4.90 Å². The van der Waals surface area contributed by atoms with Gasteiger partial charge < -0.3 is 0 Å². The van der Waals surface area contributed by atoms with Gasteiger partial charge >= 0.3 is 0 Å². The second-order valence-corrected chi connectivity index (χ2v) is 5.77. The molecule has 0 atom stereocenters. The summed E-state index contributed by atoms with van der Waals surface area (Å²) in [4.78, 5) is 24.5. The average Bonchev–Trinajstić information content (AvgIpc) is 2.61. The summed E-state index contributed by atoms with van der Waals surface area (Å²) in [7, 11) is -3.95. The number of sulfonamides is 1. The van der Waals surface area contributed by atoms with Gasteiger partial charge in [0.2, 0.25) is 11.8 Å². The molecule has 0 bridgehead atoms. The van der Waals surface area contributed by atoms with Crippen molar-refractivity contribution in [2.45, 2.75) is 17.7 Å². The maximum atomic E-state index is 11.9. The van der Waals surface area contributed by atoms with Gasteiger partial charge in [-0.3, -0.25) is 9.59 Å². The molecule has 1 aromatic rings. The second kappa shape index (κ2) is 4.68. The van der Waals surface area contributed by atoms with Crippen LogP contribution in [0, 0.1) is 0 Å². The first-order chi connectivity index (χ1) is 8.40. The van der Waals surface area contributed by atoms with Crippen LogP contribution in [-0.4, -0.2) is 25.2 Å². The van der Waals surface area contributed by atoms with Crippen LogP contribution >= 0.6 is 11.6 Å². The van der Waals surface area contributed by atoms with Crippen molar-refractivity contribution in [3.8, 4) is 0 Å². The highest BCUT2D eigenvalue weighted by Gasteiger charge is 2.32. The minimum Gasteiger partial charge on any atom is -0.273 e. The highest BCUT2D eigenvalue weighted by molar-refractivity contribution is 7.89. The SMILES string of the molecule is O=C1CCC(=O)N1NS(=O)(=O)c1ccc(Cl)cc1. The zero-order chi connectivity index (χ0) is 13.3. The minimum absolute atomic E-state index is 0.0158. The van der Waals surface area contributed by atoms with E-state index >= 15 is 0 Å². The summed E-state index contributed by atoms with van der Waals surface area (Å²) in [6, 6.07) is 5.39. The lowest BCUT2D eigenvalue weighted by Crippen LogP contribution is -2.45. The van der Waals surface area contributed by atoms with Crippen LogP contribution in [0.5, 0.6) is 0 Å². The number of nitrogens with one attached hydrogen (secondary N) is 1. The van der Waals surface area contributed by atoms with E-state index in [0.717, 1.165) is 0 Å². The van der Waals surface area contributed by atoms with Crippen LogP contribution in [0.3, 0.4) is 0 Å². The second-order valence-electron chi connectivity index (χ2n) is 3.67. The molecule has 96 valence electrons. The summed E-state index contributed by atoms with van der Waals surface area (Å²) in [5.74, 6) is -1.12. The van der Waals surface area contributed by atoms with Crippen LogP contribution in [-0.2, 0) is 19.6 Å². The van der Waals surface area contributed by atoms with Crippen LogP contribution in [0.15, 0.2) is 29.2 Å². The third kappa shape index (κ3) is 2.53. The monoisotopic (exact) mass is 288 g/mol. The summed E-state index contributed by atoms with van der Waals surface area (Å²) >= 11 is 5.64. The molecule has 18 heavy (non-hydrogen) atoms. The van der Waals surface area contributed by atoms with Crippen LogP contribution in [0.1, 0.15) is 12.8 Å². The molecule has 0 aromatic heterocycles. The highest BCUT2D eigenvalue weighted by atomic mass is 35.5. The summed E-state index contributed by atoms with van der Waals surface area (Å²) in [6.45, 7) is 0. The van der Waals surface area contributed by atoms with Crippen LogP contribution in [0.25, 0.3) is 0 Å². The van der Waals surface area contributed by atoms with E-state index in [9.17, 15) is 18.0 Å². The first-order valence-corrected chi connectivity index (χ1v) is 6.90. The molecule has 2 rings (SSSR count). The van der Waals surface area contributed by atoms with E-state index in [1.54, 1.807) is 0 Å². The zero-order valence-corrected chi connectivity index (χ0v) is 10.7. The number of imide groups is 1. The molecule has 0 radical (unpaired) electrons. The topological polar surface area (TPSA) is 83.6 Å². The maximum Gasteiger partial charge on any atom is 0.257 e. The van der Waals surface area contributed by atoms with Gasteiger partial charge in [-0.05, 0) is 24.3 Å². The van der Waals surface area contributed by atoms with Crippen LogP contribution < -0.4 is 4.83 Å². The van der Waals surface area contributed by atoms with Gasteiger partial charge in [-0.25, -0.2) is 8.42 Å². The molecule has 1 fully saturated rings. The Labute approximate surface area is 109 Å². The molecule has 6 nitrogen and oxygen atoms in total. The fraction of sp³-hybridized carbons (Fsp3) is 0.200. The number of hydrogen-bond acceptors (Lipinski definition) is 4. The normalized spacial score (nSPS) is 16.4. The standard InChI is InChI=1S/C10H9ClN2O4S/c11-7-1-3-8(4-2-7)18(16,17)12-13-9(14)5-6-10(13)15/h1-4,12H,5-6H2. The van der Waals surface area contributed by atoms with Crippen molar-refractivity contribution in [2.24, 2.45) is 0 Å². The Kier molecular flexibility index (Phi) is 3.38. The number of carbonyl (C=O) groups excluding carboxylic acids is 2. The summed E-state index contributed by atoms with van der Waals surface area (Å²) < 4.78 is 23.8. The number of rotatable bonds is 3. The van der Waals surface area contributed by atoms with Crippen molar-refractivity contribution in [1.82, 2.24) is 9.84 Å². The number of benzene rings is 1. The van der Waals surface area contributed by atoms with E-state index < -0.39 is 21.8 Å². The molecule has 0 saturated carbocycles. The van der Waals surface area contributed by atoms with Gasteiger partial charge in [0.25, 0.3) is 10.0 Å². The fourth-order valence-electron chi connectivity index (χ4n) is 1.47. The number of halogens is 1. The van der Waals surface area contributed by atoms with Gasteiger partial charge in [0, 0.05) is 17.9 Å². The number of carbonyl (C=O) groups is 2. The molecule has 2 amide bonds. The van der Waals surface area contributed by atoms with E-state index in [1.165, 1.54) is 24.3 Å². The van der Waals surface area contributed by atoms with Gasteiger partial charge in [-0.2, -0.15) is 5.01 Å². The molecule has 1 N–H and O–H groups in total. The van der Waals surface area contributed by atoms with Gasteiger partial charge in [-0.15, -0.1) is 4.83 Å². The molecule has 1 aliphatic rings. The highest BCUT2D eigenvalue weighted by Crippen LogP contribution is 2.16. The van der Waals surface area contributed by atoms with E-state index in [-0.39, 0.29) is 17.7 Å². The minimum atomic E-state index is -3.95. The Hall–Kier alpha value is -1.44. The molecule has 1 aromatic carbocycles. The lowest BCUT2D eigenvalue weighted by atomic mass is 10.4. The molecule has 0 unspecified atom stereocenters. The van der Waals surface area contributed by atoms with Crippen molar-refractivity contribution in [2.75, 3.05) is 0 Å². The maximum absolute atomic E-state index is 11.9. The lowest BCUT2D eigenvalue weighted by molar-refractivity contribution is -0.140. The Morgan fingerprint density at radius 3 is 2.06 bits per heavy atom. The smallest absolute Gasteiger partial charge is 0.257 e. The van der Waals surface area contributed by atoms with Crippen molar-refractivity contribution >= 4 is 33.4 Å². The Balaban J connectivity index is 2.24. The van der Waals surface area contributed by atoms with Crippen molar-refractivity contribution in [3.63, 3.8) is 0 Å². The molecule has 8 heteroatoms. The molecule has 1 aliphatic heterocycles. The molecule has 1 heterocycles. The predicted molar refractivity (Wildman–Crippen MR) is 62.9 cm³/mol. The predicted octanol–water partition coefficient (Wildman–Crippen LogP) is 0.682. The number of hydrogen-bond donors (Lipinski definition) is 1. The molecule has 0 spiro atoms.